The zero-order valence-electron chi connectivity index (χ0n) is 46.8. The number of carbonyl (C=O) groups excluding carboxylic acids is 1. The Hall–Kier alpha value is -7.11. The van der Waals surface area contributed by atoms with E-state index < -0.39 is 49.2 Å². The molecule has 22 heteroatoms. The van der Waals surface area contributed by atoms with Crippen LogP contribution in [0.2, 0.25) is 0 Å². The monoisotopic (exact) mass is 1160 g/mol. The van der Waals surface area contributed by atoms with Crippen LogP contribution in [0.5, 0.6) is 17.4 Å². The first-order valence-corrected chi connectivity index (χ1v) is 30.5. The van der Waals surface area contributed by atoms with Gasteiger partial charge in [-0.3, -0.25) is 24.7 Å². The van der Waals surface area contributed by atoms with Gasteiger partial charge in [0.05, 0.1) is 51.9 Å². The van der Waals surface area contributed by atoms with Crippen molar-refractivity contribution in [2.24, 2.45) is 11.3 Å². The normalized spacial score (nSPS) is 23.1. The molecule has 2 aromatic heterocycles. The minimum atomic E-state index is -4.74. The molecule has 3 N–H and O–H groups in total. The molecule has 0 radical (unpaired) electrons. The van der Waals surface area contributed by atoms with Gasteiger partial charge in [0.25, 0.3) is 21.6 Å². The quantitative estimate of drug-likeness (QED) is 0.0727. The Balaban J connectivity index is 0.773. The summed E-state index contributed by atoms with van der Waals surface area (Å²) in [6, 6.07) is 22.6. The number of fused-ring (bicyclic) bond motifs is 4. The van der Waals surface area contributed by atoms with E-state index in [1.165, 1.54) is 12.1 Å². The Morgan fingerprint density at radius 3 is 2.52 bits per heavy atom. The number of ether oxygens (including phenoxy) is 5. The number of piperidine rings is 1. The summed E-state index contributed by atoms with van der Waals surface area (Å²) in [4.78, 5) is 43.8. The summed E-state index contributed by atoms with van der Waals surface area (Å²) in [5.41, 5.74) is 4.49. The Kier molecular flexibility index (Phi) is 14.7. The van der Waals surface area contributed by atoms with Gasteiger partial charge in [-0.2, -0.15) is 4.98 Å². The number of benzene rings is 4. The molecule has 19 nitrogen and oxygen atoms in total. The third kappa shape index (κ3) is 10.7. The third-order valence-corrected chi connectivity index (χ3v) is 19.6. The van der Waals surface area contributed by atoms with Crippen LogP contribution < -0.4 is 34.0 Å². The summed E-state index contributed by atoms with van der Waals surface area (Å²) < 4.78 is 90.6. The Labute approximate surface area is 480 Å². The number of piperazine rings is 1. The van der Waals surface area contributed by atoms with Gasteiger partial charge in [0, 0.05) is 100 Å². The number of amides is 1. The number of carbonyl (C=O) groups is 1. The molecule has 0 unspecified atom stereocenters. The van der Waals surface area contributed by atoms with Crippen LogP contribution in [0.15, 0.2) is 90.0 Å². The van der Waals surface area contributed by atoms with E-state index in [1.807, 2.05) is 50.2 Å². The van der Waals surface area contributed by atoms with Crippen LogP contribution in [-0.2, 0) is 26.0 Å². The van der Waals surface area contributed by atoms with Crippen molar-refractivity contribution in [1.82, 2.24) is 24.5 Å². The van der Waals surface area contributed by atoms with Gasteiger partial charge in [0.2, 0.25) is 5.88 Å². The number of aryl methyl sites for hydroxylation is 1. The number of aromatic nitrogens is 2. The lowest BCUT2D eigenvalue weighted by Crippen LogP contribution is -2.59. The summed E-state index contributed by atoms with van der Waals surface area (Å²) in [6.07, 6.45) is 7.26. The van der Waals surface area contributed by atoms with Crippen LogP contribution in [0.25, 0.3) is 11.0 Å². The number of nitro groups is 1. The van der Waals surface area contributed by atoms with Gasteiger partial charge in [-0.25, -0.2) is 21.9 Å². The topological polar surface area (TPSA) is 206 Å². The van der Waals surface area contributed by atoms with Gasteiger partial charge < -0.3 is 43.8 Å². The number of aromatic amines is 1. The second-order valence-electron chi connectivity index (χ2n) is 23.9. The lowest BCUT2D eigenvalue weighted by molar-refractivity contribution is -0.384. The standard InChI is InChI=1S/C61H69F2N9O10S/c1-36(2)81-53-7-5-4-6-44(53)52-33-68(32-38-24-37(3)56(63)46(62)25-38)19-20-70(52)42-30-61(31-42)14-17-69(18-15-61)41-8-9-45(49(27-41)71-48-13-23-79-35-55(48)82-60-51(71)26-40-10-16-64-58(40)66-60)59(73)67-83(76,77)43-28-50(72(74)75)57-54(29-43)80-34-47(65-57)39-11-21-78-22-12-39/h4-10,16,24-29,36,39,42,47-48,52,55,65H,11-15,17-23,30-35H2,1-3H3,(H,64,66)(H,67,73)/t47-,48-,52-,55-/m0/s1. The summed E-state index contributed by atoms with van der Waals surface area (Å²) >= 11 is 0. The fraction of sp³-hybridized carbons (Fsp3) is 0.475. The van der Waals surface area contributed by atoms with Crippen LogP contribution in [0.1, 0.15) is 91.9 Å². The Bertz CT molecular complexity index is 3560. The van der Waals surface area contributed by atoms with E-state index in [2.05, 4.69) is 46.8 Å². The Morgan fingerprint density at radius 2 is 1.73 bits per heavy atom. The second kappa shape index (κ2) is 22.1. The molecule has 13 rings (SSSR count). The largest absolute Gasteiger partial charge is 0.491 e. The van der Waals surface area contributed by atoms with Gasteiger partial charge in [-0.05, 0) is 131 Å². The van der Waals surface area contributed by atoms with E-state index in [4.69, 9.17) is 28.7 Å². The lowest BCUT2D eigenvalue weighted by atomic mass is 9.59. The van der Waals surface area contributed by atoms with E-state index in [9.17, 15) is 32.1 Å². The fourth-order valence-corrected chi connectivity index (χ4v) is 15.0. The molecule has 5 fully saturated rings. The number of H-pyrrole nitrogens is 1. The summed E-state index contributed by atoms with van der Waals surface area (Å²) in [7, 11) is -4.74. The molecule has 4 saturated heterocycles. The van der Waals surface area contributed by atoms with E-state index >= 15 is 0 Å². The first-order chi connectivity index (χ1) is 40.1. The van der Waals surface area contributed by atoms with Crippen molar-refractivity contribution in [1.29, 1.82) is 0 Å². The SMILES string of the molecule is Cc1cc(CN2CCN(C3CC4(CCN(c5ccc(C(=O)NS(=O)(=O)c6cc7c(c([N+](=O)[O-])c6)N[C@H](C6CCOCC6)CO7)c(N6c7cc8cc[nH]c8nc7O[C@H]7COCC[C@@H]76)c5)CC4)C3)[C@H](c3ccccc3OC(C)C)C2)cc(F)c1F. The van der Waals surface area contributed by atoms with Crippen LogP contribution in [0.3, 0.4) is 0 Å². The van der Waals surface area contributed by atoms with Crippen LogP contribution in [0.4, 0.5) is 37.2 Å². The maximum absolute atomic E-state index is 14.9. The molecule has 4 aromatic carbocycles. The van der Waals surface area contributed by atoms with E-state index in [-0.39, 0.29) is 65.8 Å². The predicted octanol–water partition coefficient (Wildman–Crippen LogP) is 9.56. The lowest BCUT2D eigenvalue weighted by Gasteiger charge is -2.58. The molecule has 1 saturated carbocycles. The van der Waals surface area contributed by atoms with E-state index in [0.29, 0.717) is 73.8 Å². The van der Waals surface area contributed by atoms with Gasteiger partial charge in [-0.1, -0.05) is 24.3 Å². The average Bonchev–Trinajstić information content (AvgIpc) is 2.02. The number of pyridine rings is 1. The number of hydrogen-bond donors (Lipinski definition) is 3. The van der Waals surface area contributed by atoms with Crippen molar-refractivity contribution in [3.63, 3.8) is 0 Å². The number of sulfonamides is 1. The minimum absolute atomic E-state index is 0.00916. The molecule has 8 heterocycles. The summed E-state index contributed by atoms with van der Waals surface area (Å²) in [5, 5.41) is 16.7. The van der Waals surface area contributed by atoms with Gasteiger partial charge >= 0.3 is 0 Å². The molecule has 6 aromatic rings. The number of anilines is 4. The molecular weight excluding hydrogens is 1090 g/mol. The molecule has 4 atom stereocenters. The summed E-state index contributed by atoms with van der Waals surface area (Å²) in [6.45, 7) is 12.0. The van der Waals surface area contributed by atoms with Crippen LogP contribution in [0, 0.1) is 40.0 Å². The van der Waals surface area contributed by atoms with Gasteiger partial charge in [0.1, 0.15) is 29.8 Å². The van der Waals surface area contributed by atoms with Crippen molar-refractivity contribution in [3.8, 4) is 17.4 Å². The number of rotatable bonds is 13. The highest BCUT2D eigenvalue weighted by molar-refractivity contribution is 7.90. The molecule has 1 amide bonds. The zero-order chi connectivity index (χ0) is 57.3. The number of nitro benzene ring substituents is 1. The van der Waals surface area contributed by atoms with Crippen molar-refractivity contribution in [2.45, 2.75) is 114 Å². The van der Waals surface area contributed by atoms with Crippen LogP contribution >= 0.6 is 0 Å². The number of halogens is 2. The van der Waals surface area contributed by atoms with Crippen molar-refractivity contribution >= 4 is 55.4 Å². The van der Waals surface area contributed by atoms with E-state index in [0.717, 1.165) is 98.7 Å². The molecule has 438 valence electrons. The smallest absolute Gasteiger partial charge is 0.297 e. The van der Waals surface area contributed by atoms with E-state index in [1.54, 1.807) is 25.3 Å². The van der Waals surface area contributed by atoms with Crippen molar-refractivity contribution < 1.29 is 50.6 Å². The molecule has 1 aliphatic carbocycles. The maximum atomic E-state index is 14.9. The van der Waals surface area contributed by atoms with Crippen molar-refractivity contribution in [3.05, 3.63) is 129 Å². The first-order valence-electron chi connectivity index (χ1n) is 29.0. The highest BCUT2D eigenvalue weighted by Gasteiger charge is 2.51. The zero-order valence-corrected chi connectivity index (χ0v) is 47.6. The van der Waals surface area contributed by atoms with Gasteiger partial charge in [-0.15, -0.1) is 0 Å². The molecule has 1 spiro atoms. The molecule has 6 aliphatic heterocycles. The summed E-state index contributed by atoms with van der Waals surface area (Å²) in [5.74, 6) is -1.21. The first kappa shape index (κ1) is 55.1. The van der Waals surface area contributed by atoms with Crippen molar-refractivity contribution in [2.75, 3.05) is 80.9 Å². The fourth-order valence-electron chi connectivity index (χ4n) is 14.0. The second-order valence-corrected chi connectivity index (χ2v) is 25.5. The number of para-hydroxylation sites is 1. The van der Waals surface area contributed by atoms with Gasteiger partial charge in [0.15, 0.2) is 23.1 Å². The molecule has 83 heavy (non-hydrogen) atoms. The molecule has 0 bridgehead atoms. The molecule has 7 aliphatic rings. The Morgan fingerprint density at radius 1 is 0.940 bits per heavy atom. The highest BCUT2D eigenvalue weighted by Crippen LogP contribution is 2.54. The predicted molar refractivity (Wildman–Crippen MR) is 307 cm³/mol. The molecular formula is C61H69F2N9O10S. The number of nitrogens with one attached hydrogen (secondary N) is 3. The highest BCUT2D eigenvalue weighted by atomic mass is 32.2. The maximum Gasteiger partial charge on any atom is 0.297 e. The third-order valence-electron chi connectivity index (χ3n) is 18.3. The average molecular weight is 1160 g/mol. The minimum Gasteiger partial charge on any atom is -0.491 e. The number of hydrogen-bond acceptors (Lipinski definition) is 16. The number of nitrogens with zero attached hydrogens (tertiary/aromatic N) is 6. The van der Waals surface area contributed by atoms with Crippen LogP contribution in [-0.4, -0.2) is 135 Å².